The molecule has 0 amide bonds. The van der Waals surface area contributed by atoms with Crippen molar-refractivity contribution >= 4 is 35.8 Å². The first-order valence-electron chi connectivity index (χ1n) is 20.5. The summed E-state index contributed by atoms with van der Waals surface area (Å²) in [6.45, 7) is 10.4. The lowest BCUT2D eigenvalue weighted by molar-refractivity contribution is -0.328. The Kier molecular flexibility index (Phi) is 14.4. The second-order valence-electron chi connectivity index (χ2n) is 16.4. The lowest BCUT2D eigenvalue weighted by Gasteiger charge is -2.64. The lowest BCUT2D eigenvalue weighted by Crippen LogP contribution is -2.81. The third-order valence-electron chi connectivity index (χ3n) is 11.9. The van der Waals surface area contributed by atoms with Crippen molar-refractivity contribution in [1.82, 2.24) is 0 Å². The van der Waals surface area contributed by atoms with Crippen molar-refractivity contribution in [2.24, 2.45) is 17.3 Å². The highest BCUT2D eigenvalue weighted by atomic mass is 16.6. The molecular formula is C45H58O13. The molecule has 1 spiro atoms. The molecule has 3 fully saturated rings. The zero-order valence-corrected chi connectivity index (χ0v) is 34.7. The minimum absolute atomic E-state index is 0.0408. The normalized spacial score (nSPS) is 29.3. The smallest absolute Gasteiger partial charge is 0.338 e. The fourth-order valence-electron chi connectivity index (χ4n) is 9.62. The molecule has 2 aliphatic carbocycles. The van der Waals surface area contributed by atoms with E-state index in [0.717, 1.165) is 38.5 Å². The summed E-state index contributed by atoms with van der Waals surface area (Å²) >= 11 is 0. The van der Waals surface area contributed by atoms with E-state index in [9.17, 15) is 28.8 Å². The lowest BCUT2D eigenvalue weighted by atomic mass is 9.47. The van der Waals surface area contributed by atoms with Crippen molar-refractivity contribution in [2.75, 3.05) is 6.61 Å². The van der Waals surface area contributed by atoms with Gasteiger partial charge in [0.1, 0.15) is 35.9 Å². The van der Waals surface area contributed by atoms with Crippen LogP contribution in [0.2, 0.25) is 0 Å². The number of hydrogen-bond donors (Lipinski definition) is 0. The van der Waals surface area contributed by atoms with Gasteiger partial charge in [-0.25, -0.2) is 9.59 Å². The van der Waals surface area contributed by atoms with Crippen molar-refractivity contribution in [3.05, 3.63) is 71.8 Å². The molecule has 2 saturated carbocycles. The highest BCUT2D eigenvalue weighted by Crippen LogP contribution is 2.68. The molecule has 1 heterocycles. The first kappa shape index (κ1) is 44.3. The van der Waals surface area contributed by atoms with E-state index in [-0.39, 0.29) is 24.0 Å². The van der Waals surface area contributed by atoms with Crippen LogP contribution >= 0.6 is 0 Å². The van der Waals surface area contributed by atoms with Gasteiger partial charge in [-0.1, -0.05) is 88.8 Å². The molecule has 0 radical (unpaired) electrons. The van der Waals surface area contributed by atoms with Crippen LogP contribution in [0.5, 0.6) is 0 Å². The first-order chi connectivity index (χ1) is 27.6. The molecule has 0 aromatic heterocycles. The molecule has 13 heteroatoms. The molecule has 1 saturated heterocycles. The number of hydrogen-bond acceptors (Lipinski definition) is 13. The molecule has 2 aromatic rings. The van der Waals surface area contributed by atoms with Gasteiger partial charge in [0.2, 0.25) is 0 Å². The van der Waals surface area contributed by atoms with Gasteiger partial charge in [-0.05, 0) is 56.9 Å². The second-order valence-corrected chi connectivity index (χ2v) is 16.4. The van der Waals surface area contributed by atoms with Gasteiger partial charge in [-0.3, -0.25) is 19.2 Å². The van der Waals surface area contributed by atoms with E-state index in [0.29, 0.717) is 6.42 Å². The fraction of sp³-hybridized carbons (Fsp3) is 0.600. The van der Waals surface area contributed by atoms with Gasteiger partial charge < -0.3 is 33.2 Å². The minimum Gasteiger partial charge on any atom is -0.465 e. The predicted octanol–water partition coefficient (Wildman–Crippen LogP) is 7.12. The molecule has 3 aliphatic rings. The summed E-state index contributed by atoms with van der Waals surface area (Å²) in [5, 5.41) is 0. The van der Waals surface area contributed by atoms with E-state index < -0.39 is 101 Å². The Bertz CT molecular complexity index is 1780. The number of benzene rings is 2. The van der Waals surface area contributed by atoms with Crippen LogP contribution in [-0.2, 0) is 52.3 Å². The molecule has 316 valence electrons. The number of esters is 6. The zero-order chi connectivity index (χ0) is 42.3. The standard InChI is InChI=1S/C45H58O13/c1-8-9-10-11-12-13-20-25-35(49)55-34-26-28(2)45-39(53-30(4)47)36(43(6,7)58-45)37(56-41(50)32-21-16-14-17-22-32)40(54-31(5)48)44(45,27-52-29(3)46)38(34)57-42(51)33-23-18-15-19-24-33/h14-19,21-24,28,34,36-40H,8-13,20,25-27H2,1-7H3/t28-,34+,36-,37-,38+,39-,40-,44+,45-/m0/s1. The van der Waals surface area contributed by atoms with Crippen molar-refractivity contribution in [3.63, 3.8) is 0 Å². The largest absolute Gasteiger partial charge is 0.465 e. The minimum atomic E-state index is -2.03. The molecule has 5 rings (SSSR count). The van der Waals surface area contributed by atoms with Crippen LogP contribution in [0.25, 0.3) is 0 Å². The quantitative estimate of drug-likeness (QED) is 0.0902. The first-order valence-corrected chi connectivity index (χ1v) is 20.5. The maximum atomic E-state index is 14.3. The summed E-state index contributed by atoms with van der Waals surface area (Å²) in [5.41, 5.74) is -4.72. The number of fused-ring (bicyclic) bond motifs is 1. The summed E-state index contributed by atoms with van der Waals surface area (Å²) in [6, 6.07) is 16.3. The predicted molar refractivity (Wildman–Crippen MR) is 209 cm³/mol. The van der Waals surface area contributed by atoms with Gasteiger partial charge in [-0.15, -0.1) is 0 Å². The molecule has 2 aromatic carbocycles. The summed E-state index contributed by atoms with van der Waals surface area (Å²) in [7, 11) is 0. The molecule has 13 nitrogen and oxygen atoms in total. The highest BCUT2D eigenvalue weighted by molar-refractivity contribution is 5.90. The molecule has 1 aliphatic heterocycles. The van der Waals surface area contributed by atoms with Crippen molar-refractivity contribution in [3.8, 4) is 0 Å². The van der Waals surface area contributed by atoms with Crippen molar-refractivity contribution in [2.45, 2.75) is 148 Å². The summed E-state index contributed by atoms with van der Waals surface area (Å²) in [5.74, 6) is -6.07. The van der Waals surface area contributed by atoms with E-state index in [1.54, 1.807) is 74.5 Å². The zero-order valence-electron chi connectivity index (χ0n) is 34.7. The van der Waals surface area contributed by atoms with Gasteiger partial charge in [-0.2, -0.15) is 0 Å². The fourth-order valence-corrected chi connectivity index (χ4v) is 9.62. The van der Waals surface area contributed by atoms with Crippen LogP contribution in [0.1, 0.15) is 127 Å². The number of unbranched alkanes of at least 4 members (excludes halogenated alkanes) is 6. The van der Waals surface area contributed by atoms with Crippen LogP contribution in [0.4, 0.5) is 0 Å². The van der Waals surface area contributed by atoms with E-state index in [1.165, 1.54) is 20.8 Å². The summed E-state index contributed by atoms with van der Waals surface area (Å²) in [6.07, 6.45) is -0.0903. The number of carbonyl (C=O) groups excluding carboxylic acids is 6. The van der Waals surface area contributed by atoms with Crippen LogP contribution in [0.15, 0.2) is 60.7 Å². The molecule has 0 unspecified atom stereocenters. The van der Waals surface area contributed by atoms with Crippen LogP contribution in [0.3, 0.4) is 0 Å². The van der Waals surface area contributed by atoms with E-state index in [4.69, 9.17) is 33.2 Å². The third kappa shape index (κ3) is 9.09. The monoisotopic (exact) mass is 806 g/mol. The third-order valence-corrected chi connectivity index (χ3v) is 11.9. The summed E-state index contributed by atoms with van der Waals surface area (Å²) in [4.78, 5) is 81.5. The maximum absolute atomic E-state index is 14.3. The Morgan fingerprint density at radius 3 is 1.74 bits per heavy atom. The van der Waals surface area contributed by atoms with Crippen LogP contribution in [0, 0.1) is 17.3 Å². The molecule has 58 heavy (non-hydrogen) atoms. The van der Waals surface area contributed by atoms with Crippen molar-refractivity contribution in [1.29, 1.82) is 0 Å². The van der Waals surface area contributed by atoms with Crippen molar-refractivity contribution < 1.29 is 61.9 Å². The number of carbonyl (C=O) groups is 6. The average Bonchev–Trinajstić information content (AvgIpc) is 3.37. The topological polar surface area (TPSA) is 167 Å². The number of ether oxygens (including phenoxy) is 7. The SMILES string of the molecule is CCCCCCCCCC(=O)O[C@@H]1C[C@H](C)[C@@]23OC(C)(C)[C@@H]([C@H](OC(=O)c4ccccc4)[C@H](OC(C)=O)[C@@]2(COC(C)=O)[C@@H]1OC(=O)c1ccccc1)[C@@H]3OC(C)=O. The highest BCUT2D eigenvalue weighted by Gasteiger charge is 2.86. The van der Waals surface area contributed by atoms with E-state index in [1.807, 2.05) is 6.92 Å². The number of rotatable bonds is 17. The van der Waals surface area contributed by atoms with Gasteiger partial charge >= 0.3 is 35.8 Å². The Labute approximate surface area is 340 Å². The molecule has 9 atom stereocenters. The van der Waals surface area contributed by atoms with E-state index in [2.05, 4.69) is 6.92 Å². The second kappa shape index (κ2) is 18.9. The molecular weight excluding hydrogens is 748 g/mol. The average molecular weight is 807 g/mol. The molecule has 0 N–H and O–H groups in total. The Morgan fingerprint density at radius 2 is 1.19 bits per heavy atom. The summed E-state index contributed by atoms with van der Waals surface area (Å²) < 4.78 is 44.6. The Balaban J connectivity index is 1.72. The Morgan fingerprint density at radius 1 is 0.655 bits per heavy atom. The van der Waals surface area contributed by atoms with Crippen LogP contribution < -0.4 is 0 Å². The maximum Gasteiger partial charge on any atom is 0.338 e. The van der Waals surface area contributed by atoms with Gasteiger partial charge in [0.05, 0.1) is 22.6 Å². The van der Waals surface area contributed by atoms with Gasteiger partial charge in [0.15, 0.2) is 12.2 Å². The van der Waals surface area contributed by atoms with Gasteiger partial charge in [0, 0.05) is 27.2 Å². The molecule has 2 bridgehead atoms. The van der Waals surface area contributed by atoms with Gasteiger partial charge in [0.25, 0.3) is 0 Å². The Hall–Kier alpha value is -4.78. The van der Waals surface area contributed by atoms with Crippen LogP contribution in [-0.4, -0.2) is 84.1 Å². The van der Waals surface area contributed by atoms with E-state index >= 15 is 0 Å².